The van der Waals surface area contributed by atoms with E-state index in [1.807, 2.05) is 12.1 Å². The van der Waals surface area contributed by atoms with E-state index >= 15 is 0 Å². The number of hydrogen-bond donors (Lipinski definition) is 2. The fourth-order valence-electron chi connectivity index (χ4n) is 0.957. The average molecular weight is 153 g/mol. The Morgan fingerprint density at radius 2 is 2.36 bits per heavy atom. The molecule has 0 atom stereocenters. The summed E-state index contributed by atoms with van der Waals surface area (Å²) in [5.41, 5.74) is 11.3. The van der Waals surface area contributed by atoms with Crippen LogP contribution < -0.4 is 11.5 Å². The van der Waals surface area contributed by atoms with E-state index in [2.05, 4.69) is 0 Å². The van der Waals surface area contributed by atoms with Crippen molar-refractivity contribution in [2.24, 2.45) is 11.5 Å². The molecule has 0 bridgehead atoms. The third kappa shape index (κ3) is 1.81. The van der Waals surface area contributed by atoms with E-state index in [9.17, 15) is 4.79 Å². The quantitative estimate of drug-likeness (QED) is 0.610. The minimum atomic E-state index is -0.351. The molecule has 0 aliphatic heterocycles. The number of aromatic nitrogens is 1. The Hall–Kier alpha value is -1.29. The summed E-state index contributed by atoms with van der Waals surface area (Å²) >= 11 is 0. The highest BCUT2D eigenvalue weighted by Crippen LogP contribution is 1.99. The van der Waals surface area contributed by atoms with Crippen LogP contribution in [-0.2, 0) is 17.9 Å². The first-order valence-electron chi connectivity index (χ1n) is 3.36. The van der Waals surface area contributed by atoms with Crippen LogP contribution in [0.15, 0.2) is 18.3 Å². The van der Waals surface area contributed by atoms with Crippen molar-refractivity contribution in [2.45, 2.75) is 13.1 Å². The number of hydrogen-bond acceptors (Lipinski definition) is 2. The van der Waals surface area contributed by atoms with Gasteiger partial charge >= 0.3 is 0 Å². The van der Waals surface area contributed by atoms with Crippen molar-refractivity contribution in [2.75, 3.05) is 0 Å². The third-order valence-electron chi connectivity index (χ3n) is 1.46. The Morgan fingerprint density at radius 1 is 1.64 bits per heavy atom. The number of carbonyl (C=O) groups is 1. The van der Waals surface area contributed by atoms with Crippen LogP contribution in [0.1, 0.15) is 5.69 Å². The van der Waals surface area contributed by atoms with Crippen molar-refractivity contribution < 1.29 is 4.79 Å². The Labute approximate surface area is 64.8 Å². The molecule has 0 saturated carbocycles. The minimum absolute atomic E-state index is 0.208. The molecule has 60 valence electrons. The number of rotatable bonds is 3. The maximum atomic E-state index is 10.5. The number of primary amides is 1. The van der Waals surface area contributed by atoms with Gasteiger partial charge in [-0.2, -0.15) is 0 Å². The zero-order chi connectivity index (χ0) is 8.27. The van der Waals surface area contributed by atoms with Crippen molar-refractivity contribution >= 4 is 5.91 Å². The Balaban J connectivity index is 2.76. The van der Waals surface area contributed by atoms with Crippen LogP contribution >= 0.6 is 0 Å². The highest BCUT2D eigenvalue weighted by molar-refractivity contribution is 5.73. The largest absolute Gasteiger partial charge is 0.368 e. The minimum Gasteiger partial charge on any atom is -0.368 e. The summed E-state index contributed by atoms with van der Waals surface area (Å²) in [5.74, 6) is -0.351. The molecule has 0 saturated heterocycles. The molecule has 0 aliphatic rings. The predicted molar refractivity (Wildman–Crippen MR) is 41.5 cm³/mol. The third-order valence-corrected chi connectivity index (χ3v) is 1.46. The van der Waals surface area contributed by atoms with E-state index in [0.717, 1.165) is 5.69 Å². The lowest BCUT2D eigenvalue weighted by Gasteiger charge is -2.03. The van der Waals surface area contributed by atoms with Crippen LogP contribution in [0, 0.1) is 0 Å². The Morgan fingerprint density at radius 3 is 2.91 bits per heavy atom. The van der Waals surface area contributed by atoms with Gasteiger partial charge in [0.1, 0.15) is 6.54 Å². The lowest BCUT2D eigenvalue weighted by molar-refractivity contribution is -0.118. The van der Waals surface area contributed by atoms with Gasteiger partial charge in [0.05, 0.1) is 0 Å². The summed E-state index contributed by atoms with van der Waals surface area (Å²) < 4.78 is 1.74. The molecule has 1 rings (SSSR count). The van der Waals surface area contributed by atoms with E-state index in [1.165, 1.54) is 0 Å². The highest BCUT2D eigenvalue weighted by atomic mass is 16.1. The second-order valence-electron chi connectivity index (χ2n) is 2.30. The second-order valence-corrected chi connectivity index (χ2v) is 2.30. The number of nitrogens with zero attached hydrogens (tertiary/aromatic N) is 1. The normalized spacial score (nSPS) is 9.91. The molecule has 4 nitrogen and oxygen atoms in total. The Kier molecular flexibility index (Phi) is 2.28. The Bertz CT molecular complexity index is 254. The molecule has 0 radical (unpaired) electrons. The zero-order valence-electron chi connectivity index (χ0n) is 6.16. The summed E-state index contributed by atoms with van der Waals surface area (Å²) in [4.78, 5) is 10.5. The van der Waals surface area contributed by atoms with E-state index in [0.29, 0.717) is 6.54 Å². The lowest BCUT2D eigenvalue weighted by Crippen LogP contribution is -2.20. The smallest absolute Gasteiger partial charge is 0.237 e. The van der Waals surface area contributed by atoms with Crippen molar-refractivity contribution in [1.29, 1.82) is 0 Å². The number of nitrogens with two attached hydrogens (primary N) is 2. The van der Waals surface area contributed by atoms with Gasteiger partial charge in [0.25, 0.3) is 0 Å². The van der Waals surface area contributed by atoms with Gasteiger partial charge in [0.15, 0.2) is 0 Å². The summed E-state index contributed by atoms with van der Waals surface area (Å²) in [5, 5.41) is 0. The van der Waals surface area contributed by atoms with Crippen LogP contribution in [0.4, 0.5) is 0 Å². The van der Waals surface area contributed by atoms with Crippen LogP contribution in [-0.4, -0.2) is 10.5 Å². The van der Waals surface area contributed by atoms with Gasteiger partial charge in [-0.05, 0) is 12.1 Å². The molecule has 11 heavy (non-hydrogen) atoms. The molecule has 1 heterocycles. The number of carbonyl (C=O) groups excluding carboxylic acids is 1. The van der Waals surface area contributed by atoms with Crippen LogP contribution in [0.25, 0.3) is 0 Å². The molecule has 0 fully saturated rings. The molecule has 0 unspecified atom stereocenters. The topological polar surface area (TPSA) is 74.0 Å². The van der Waals surface area contributed by atoms with E-state index in [1.54, 1.807) is 10.8 Å². The van der Waals surface area contributed by atoms with Crippen LogP contribution in [0.2, 0.25) is 0 Å². The first-order valence-corrected chi connectivity index (χ1v) is 3.36. The second kappa shape index (κ2) is 3.21. The van der Waals surface area contributed by atoms with Crippen molar-refractivity contribution in [3.05, 3.63) is 24.0 Å². The van der Waals surface area contributed by atoms with Gasteiger partial charge in [-0.25, -0.2) is 0 Å². The average Bonchev–Trinajstić information content (AvgIpc) is 2.34. The number of amides is 1. The van der Waals surface area contributed by atoms with Crippen LogP contribution in [0.5, 0.6) is 0 Å². The van der Waals surface area contributed by atoms with Crippen molar-refractivity contribution in [3.63, 3.8) is 0 Å². The van der Waals surface area contributed by atoms with Gasteiger partial charge < -0.3 is 16.0 Å². The molecule has 0 aromatic carbocycles. The summed E-state index contributed by atoms with van der Waals surface area (Å²) in [6.07, 6.45) is 1.78. The molecule has 0 spiro atoms. The van der Waals surface area contributed by atoms with Gasteiger partial charge in [0.2, 0.25) is 5.91 Å². The molecule has 1 amide bonds. The van der Waals surface area contributed by atoms with E-state index in [4.69, 9.17) is 11.5 Å². The molecule has 4 N–H and O–H groups in total. The fourth-order valence-corrected chi connectivity index (χ4v) is 0.957. The molecular formula is C7H11N3O. The van der Waals surface area contributed by atoms with Crippen LogP contribution in [0.3, 0.4) is 0 Å². The van der Waals surface area contributed by atoms with E-state index < -0.39 is 0 Å². The maximum absolute atomic E-state index is 10.5. The zero-order valence-corrected chi connectivity index (χ0v) is 6.16. The standard InChI is InChI=1S/C7H11N3O/c8-4-6-2-1-3-10(6)5-7(9)11/h1-3H,4-5,8H2,(H2,9,11). The molecule has 4 heteroatoms. The molecular weight excluding hydrogens is 142 g/mol. The van der Waals surface area contributed by atoms with Crippen molar-refractivity contribution in [1.82, 2.24) is 4.57 Å². The van der Waals surface area contributed by atoms with Gasteiger partial charge in [-0.3, -0.25) is 4.79 Å². The van der Waals surface area contributed by atoms with Crippen molar-refractivity contribution in [3.8, 4) is 0 Å². The summed E-state index contributed by atoms with van der Waals surface area (Å²) in [6.45, 7) is 0.639. The molecule has 1 aromatic rings. The maximum Gasteiger partial charge on any atom is 0.237 e. The van der Waals surface area contributed by atoms with Gasteiger partial charge in [0, 0.05) is 18.4 Å². The van der Waals surface area contributed by atoms with Gasteiger partial charge in [-0.1, -0.05) is 0 Å². The predicted octanol–water partition coefficient (Wildman–Crippen LogP) is -0.568. The summed E-state index contributed by atoms with van der Waals surface area (Å²) in [6, 6.07) is 3.70. The molecule has 1 aromatic heterocycles. The summed E-state index contributed by atoms with van der Waals surface area (Å²) in [7, 11) is 0. The first-order chi connectivity index (χ1) is 5.24. The SMILES string of the molecule is NCc1cccn1CC(N)=O. The fraction of sp³-hybridized carbons (Fsp3) is 0.286. The molecule has 0 aliphatic carbocycles. The highest BCUT2D eigenvalue weighted by Gasteiger charge is 2.00. The first kappa shape index (κ1) is 7.81. The van der Waals surface area contributed by atoms with Gasteiger partial charge in [-0.15, -0.1) is 0 Å². The monoisotopic (exact) mass is 153 g/mol. The van der Waals surface area contributed by atoms with E-state index in [-0.39, 0.29) is 12.5 Å². The lowest BCUT2D eigenvalue weighted by atomic mass is 10.4.